The molecular weight excluding hydrogens is 528 g/mol. The van der Waals surface area contributed by atoms with Crippen molar-refractivity contribution in [1.29, 1.82) is 0 Å². The summed E-state index contributed by atoms with van der Waals surface area (Å²) in [7, 11) is 1.09. The lowest BCUT2D eigenvalue weighted by molar-refractivity contribution is 0.0594. The summed E-state index contributed by atoms with van der Waals surface area (Å²) in [6.07, 6.45) is -0.245. The molecule has 3 aromatic rings. The summed E-state index contributed by atoms with van der Waals surface area (Å²) in [5.74, 6) is -6.97. The summed E-state index contributed by atoms with van der Waals surface area (Å²) in [5.41, 5.74) is -1.87. The molecule has 0 fully saturated rings. The highest BCUT2D eigenvalue weighted by Gasteiger charge is 2.36. The zero-order valence-electron chi connectivity index (χ0n) is 22.0. The number of aryl methyl sites for hydroxylation is 1. The third kappa shape index (κ3) is 4.01. The molecule has 4 rings (SSSR count). The summed E-state index contributed by atoms with van der Waals surface area (Å²) in [6, 6.07) is 1.16. The number of benzene rings is 3. The lowest BCUT2D eigenvalue weighted by atomic mass is 9.89. The molecule has 208 valence electrons. The Labute approximate surface area is 226 Å². The first kappa shape index (κ1) is 27.8. The number of hydrogen-bond acceptors (Lipinski definition) is 11. The SMILES string of the molecule is COC(=O)c1c(C)c(Cc2c(O)c(C(=O)O)c(C)c3c2OC(=O)c2c(C)cc(O)c(C=O)c2O3)c(O)c(C)c1O. The number of phenolic OH excluding ortho intramolecular Hbond substituents is 3. The number of esters is 2. The van der Waals surface area contributed by atoms with E-state index in [1.165, 1.54) is 27.7 Å². The first-order valence-electron chi connectivity index (χ1n) is 11.7. The van der Waals surface area contributed by atoms with Gasteiger partial charge in [-0.2, -0.15) is 0 Å². The minimum Gasteiger partial charge on any atom is -0.507 e. The van der Waals surface area contributed by atoms with Gasteiger partial charge in [0.15, 0.2) is 23.5 Å². The van der Waals surface area contributed by atoms with Crippen LogP contribution in [0.25, 0.3) is 0 Å². The number of carboxylic acid groups (broad SMARTS) is 1. The molecule has 0 atom stereocenters. The van der Waals surface area contributed by atoms with E-state index in [1.807, 2.05) is 0 Å². The second kappa shape index (κ2) is 9.80. The topological polar surface area (TPSA) is 197 Å². The monoisotopic (exact) mass is 552 g/mol. The zero-order valence-corrected chi connectivity index (χ0v) is 22.0. The number of phenols is 4. The fourth-order valence-electron chi connectivity index (χ4n) is 4.79. The number of fused-ring (bicyclic) bond motifs is 2. The Balaban J connectivity index is 2.08. The molecule has 3 aromatic carbocycles. The van der Waals surface area contributed by atoms with Crippen LogP contribution in [0.2, 0.25) is 0 Å². The van der Waals surface area contributed by atoms with E-state index in [-0.39, 0.29) is 67.9 Å². The van der Waals surface area contributed by atoms with Gasteiger partial charge in [0.25, 0.3) is 0 Å². The van der Waals surface area contributed by atoms with Crippen LogP contribution >= 0.6 is 0 Å². The van der Waals surface area contributed by atoms with Gasteiger partial charge in [0.05, 0.1) is 12.7 Å². The van der Waals surface area contributed by atoms with Crippen LogP contribution in [0, 0.1) is 27.7 Å². The molecule has 0 spiro atoms. The van der Waals surface area contributed by atoms with Crippen molar-refractivity contribution in [3.63, 3.8) is 0 Å². The van der Waals surface area contributed by atoms with Crippen molar-refractivity contribution in [2.45, 2.75) is 34.1 Å². The molecule has 0 amide bonds. The second-order valence-corrected chi connectivity index (χ2v) is 9.20. The second-order valence-electron chi connectivity index (χ2n) is 9.20. The summed E-state index contributed by atoms with van der Waals surface area (Å²) in [6.45, 7) is 5.46. The van der Waals surface area contributed by atoms with Crippen molar-refractivity contribution in [2.24, 2.45) is 0 Å². The van der Waals surface area contributed by atoms with Gasteiger partial charge in [-0.05, 0) is 44.9 Å². The normalized spacial score (nSPS) is 12.0. The highest BCUT2D eigenvalue weighted by Crippen LogP contribution is 2.51. The number of rotatable bonds is 5. The predicted molar refractivity (Wildman–Crippen MR) is 136 cm³/mol. The average Bonchev–Trinajstić information content (AvgIpc) is 3.03. The number of carboxylic acids is 1. The molecule has 0 radical (unpaired) electrons. The number of carbonyl (C=O) groups is 4. The van der Waals surface area contributed by atoms with Crippen LogP contribution in [-0.4, -0.2) is 56.8 Å². The maximum Gasteiger partial charge on any atom is 0.347 e. The van der Waals surface area contributed by atoms with Gasteiger partial charge in [-0.25, -0.2) is 14.4 Å². The van der Waals surface area contributed by atoms with Crippen LogP contribution in [-0.2, 0) is 11.2 Å². The van der Waals surface area contributed by atoms with Gasteiger partial charge in [0.2, 0.25) is 0 Å². The molecule has 1 heterocycles. The van der Waals surface area contributed by atoms with Crippen molar-refractivity contribution < 1.29 is 58.9 Å². The number of carbonyl (C=O) groups excluding carboxylic acids is 3. The lowest BCUT2D eigenvalue weighted by Gasteiger charge is -2.21. The summed E-state index contributed by atoms with van der Waals surface area (Å²) < 4.78 is 16.2. The Morgan fingerprint density at radius 3 is 2.08 bits per heavy atom. The molecule has 0 saturated carbocycles. The maximum atomic E-state index is 13.3. The number of hydrogen-bond donors (Lipinski definition) is 5. The van der Waals surface area contributed by atoms with Gasteiger partial charge in [0.1, 0.15) is 39.7 Å². The first-order chi connectivity index (χ1) is 18.8. The van der Waals surface area contributed by atoms with Gasteiger partial charge in [0, 0.05) is 28.7 Å². The van der Waals surface area contributed by atoms with Crippen LogP contribution in [0.15, 0.2) is 6.07 Å². The van der Waals surface area contributed by atoms with E-state index in [4.69, 9.17) is 14.2 Å². The van der Waals surface area contributed by atoms with Crippen molar-refractivity contribution in [3.8, 4) is 40.2 Å². The third-order valence-corrected chi connectivity index (χ3v) is 6.95. The van der Waals surface area contributed by atoms with Crippen LogP contribution in [0.1, 0.15) is 74.8 Å². The molecular formula is C28H24O12. The number of methoxy groups -OCH3 is 1. The van der Waals surface area contributed by atoms with Crippen molar-refractivity contribution in [1.82, 2.24) is 0 Å². The Kier molecular flexibility index (Phi) is 6.80. The Bertz CT molecular complexity index is 1670. The van der Waals surface area contributed by atoms with E-state index in [2.05, 4.69) is 0 Å². The molecule has 0 bridgehead atoms. The molecule has 12 nitrogen and oxygen atoms in total. The molecule has 0 saturated heterocycles. The number of aromatic carboxylic acids is 1. The van der Waals surface area contributed by atoms with E-state index in [9.17, 15) is 44.7 Å². The number of aldehydes is 1. The Hall–Kier alpha value is -5.26. The molecule has 0 aliphatic carbocycles. The summed E-state index contributed by atoms with van der Waals surface area (Å²) in [4.78, 5) is 49.7. The zero-order chi connectivity index (χ0) is 29.8. The lowest BCUT2D eigenvalue weighted by Crippen LogP contribution is -2.13. The van der Waals surface area contributed by atoms with E-state index in [0.29, 0.717) is 0 Å². The van der Waals surface area contributed by atoms with Crippen molar-refractivity contribution in [3.05, 3.63) is 61.7 Å². The van der Waals surface area contributed by atoms with Crippen LogP contribution in [0.4, 0.5) is 0 Å². The van der Waals surface area contributed by atoms with Gasteiger partial charge in [-0.15, -0.1) is 0 Å². The van der Waals surface area contributed by atoms with Gasteiger partial charge >= 0.3 is 17.9 Å². The minimum absolute atomic E-state index is 0.0198. The molecule has 1 aliphatic rings. The molecule has 0 aromatic heterocycles. The largest absolute Gasteiger partial charge is 0.507 e. The molecule has 0 unspecified atom stereocenters. The highest BCUT2D eigenvalue weighted by molar-refractivity contribution is 6.03. The fraction of sp³-hybridized carbons (Fsp3) is 0.214. The van der Waals surface area contributed by atoms with Crippen LogP contribution < -0.4 is 9.47 Å². The summed E-state index contributed by atoms with van der Waals surface area (Å²) in [5, 5.41) is 52.7. The van der Waals surface area contributed by atoms with Crippen molar-refractivity contribution >= 4 is 24.2 Å². The van der Waals surface area contributed by atoms with Crippen molar-refractivity contribution in [2.75, 3.05) is 7.11 Å². The standard InChI is InChI=1S/C28H24O12/c1-9-6-16(30)15(8-29)24-17(9)28(37)40-25-14(22(33)18(26(34)35)11(3)23(25)39-24)7-13-10(2)19(27(36)38-5)21(32)12(4)20(13)31/h6,8,30-33H,7H2,1-5H3,(H,34,35). The molecule has 5 N–H and O–H groups in total. The fourth-order valence-corrected chi connectivity index (χ4v) is 4.79. The Morgan fingerprint density at radius 2 is 1.50 bits per heavy atom. The van der Waals surface area contributed by atoms with Gasteiger partial charge in [-0.3, -0.25) is 4.79 Å². The molecule has 1 aliphatic heterocycles. The quantitative estimate of drug-likeness (QED) is 0.174. The van der Waals surface area contributed by atoms with Gasteiger partial charge in [-0.1, -0.05) is 0 Å². The predicted octanol–water partition coefficient (Wildman–Crippen LogP) is 3.96. The first-order valence-corrected chi connectivity index (χ1v) is 11.7. The minimum atomic E-state index is -1.57. The number of ether oxygens (including phenoxy) is 3. The molecule has 12 heteroatoms. The van der Waals surface area contributed by atoms with Crippen LogP contribution in [0.5, 0.6) is 40.2 Å². The molecule has 40 heavy (non-hydrogen) atoms. The Morgan fingerprint density at radius 1 is 0.850 bits per heavy atom. The number of aromatic hydroxyl groups is 4. The maximum absolute atomic E-state index is 13.3. The van der Waals surface area contributed by atoms with Crippen LogP contribution in [0.3, 0.4) is 0 Å². The average molecular weight is 552 g/mol. The van der Waals surface area contributed by atoms with E-state index in [0.717, 1.165) is 13.2 Å². The van der Waals surface area contributed by atoms with E-state index < -0.39 is 58.6 Å². The third-order valence-electron chi connectivity index (χ3n) is 6.95. The van der Waals surface area contributed by atoms with E-state index in [1.54, 1.807) is 0 Å². The van der Waals surface area contributed by atoms with E-state index >= 15 is 0 Å². The smallest absolute Gasteiger partial charge is 0.347 e. The van der Waals surface area contributed by atoms with Gasteiger partial charge < -0.3 is 39.7 Å². The highest BCUT2D eigenvalue weighted by atomic mass is 16.6. The summed E-state index contributed by atoms with van der Waals surface area (Å²) >= 11 is 0.